The van der Waals surface area contributed by atoms with Crippen LogP contribution in [0.25, 0.3) is 0 Å². The molecule has 0 aromatic heterocycles. The highest BCUT2D eigenvalue weighted by Crippen LogP contribution is 2.45. The Labute approximate surface area is 98.8 Å². The first-order valence-electron chi connectivity index (χ1n) is 5.92. The molecule has 2 aliphatic heterocycles. The molecule has 3 rings (SSSR count). The van der Waals surface area contributed by atoms with Gasteiger partial charge < -0.3 is 24.1 Å². The van der Waals surface area contributed by atoms with Gasteiger partial charge in [-0.1, -0.05) is 12.8 Å². The van der Waals surface area contributed by atoms with E-state index in [0.29, 0.717) is 0 Å². The van der Waals surface area contributed by atoms with E-state index in [1.165, 1.54) is 0 Å². The van der Waals surface area contributed by atoms with Gasteiger partial charge >= 0.3 is 6.16 Å². The van der Waals surface area contributed by atoms with Crippen LogP contribution < -0.4 is 0 Å². The fraction of sp³-hybridized carbons (Fsp3) is 0.909. The Kier molecular flexibility index (Phi) is 2.53. The number of hydrogen-bond acceptors (Lipinski definition) is 6. The summed E-state index contributed by atoms with van der Waals surface area (Å²) in [4.78, 5) is 11.2. The molecule has 3 fully saturated rings. The maximum atomic E-state index is 11.2. The van der Waals surface area contributed by atoms with E-state index in [1.54, 1.807) is 7.11 Å². The van der Waals surface area contributed by atoms with Crippen LogP contribution in [0.1, 0.15) is 25.7 Å². The minimum atomic E-state index is -1.13. The highest BCUT2D eigenvalue weighted by molar-refractivity contribution is 5.63. The number of carbonyl (C=O) groups is 1. The molecule has 4 atom stereocenters. The van der Waals surface area contributed by atoms with Gasteiger partial charge in [-0.2, -0.15) is 0 Å². The first-order valence-corrected chi connectivity index (χ1v) is 5.92. The molecule has 1 unspecified atom stereocenters. The quantitative estimate of drug-likeness (QED) is 0.680. The molecule has 17 heavy (non-hydrogen) atoms. The fourth-order valence-corrected chi connectivity index (χ4v) is 3.24. The topological polar surface area (TPSA) is 74.2 Å². The van der Waals surface area contributed by atoms with Crippen LogP contribution >= 0.6 is 0 Å². The summed E-state index contributed by atoms with van der Waals surface area (Å²) in [6.45, 7) is 0. The average molecular weight is 244 g/mol. The first-order chi connectivity index (χ1) is 8.16. The largest absolute Gasteiger partial charge is 0.509 e. The van der Waals surface area contributed by atoms with Gasteiger partial charge in [-0.25, -0.2) is 4.79 Å². The van der Waals surface area contributed by atoms with Gasteiger partial charge in [0.05, 0.1) is 0 Å². The van der Waals surface area contributed by atoms with E-state index in [4.69, 9.17) is 18.9 Å². The Morgan fingerprint density at radius 1 is 1.29 bits per heavy atom. The van der Waals surface area contributed by atoms with Crippen molar-refractivity contribution < 1.29 is 28.8 Å². The van der Waals surface area contributed by atoms with Crippen LogP contribution in [0.15, 0.2) is 0 Å². The third-order valence-electron chi connectivity index (χ3n) is 3.95. The second-order valence-electron chi connectivity index (χ2n) is 4.85. The van der Waals surface area contributed by atoms with Crippen molar-refractivity contribution in [3.8, 4) is 0 Å². The molecule has 1 spiro atoms. The third kappa shape index (κ3) is 1.55. The number of aliphatic hydroxyl groups is 1. The van der Waals surface area contributed by atoms with E-state index in [1.807, 2.05) is 0 Å². The summed E-state index contributed by atoms with van der Waals surface area (Å²) in [5, 5.41) is 9.90. The first kappa shape index (κ1) is 11.3. The zero-order valence-electron chi connectivity index (χ0n) is 9.63. The molecule has 6 nitrogen and oxygen atoms in total. The minimum Gasteiger partial charge on any atom is -0.424 e. The molecule has 2 heterocycles. The van der Waals surface area contributed by atoms with Gasteiger partial charge in [-0.05, 0) is 12.8 Å². The summed E-state index contributed by atoms with van der Waals surface area (Å²) in [6.07, 6.45) is 0.0538. The molecule has 0 amide bonds. The standard InChI is InChI=1S/C11H16O6/c1-14-8-6-7(16-10(13)15-6)9(12)17-11(8)4-2-3-5-11/h6-9,12H,2-5H2,1H3/t6-,7+,8+,9?/m0/s1. The van der Waals surface area contributed by atoms with Gasteiger partial charge in [-0.15, -0.1) is 0 Å². The zero-order valence-corrected chi connectivity index (χ0v) is 9.63. The lowest BCUT2D eigenvalue weighted by Gasteiger charge is -2.45. The van der Waals surface area contributed by atoms with Crippen molar-refractivity contribution >= 4 is 6.16 Å². The van der Waals surface area contributed by atoms with Crippen molar-refractivity contribution in [3.05, 3.63) is 0 Å². The van der Waals surface area contributed by atoms with Crippen LogP contribution in [-0.2, 0) is 18.9 Å². The number of hydrogen-bond donors (Lipinski definition) is 1. The number of aliphatic hydroxyl groups excluding tert-OH is 1. The summed E-state index contributed by atoms with van der Waals surface area (Å²) in [6, 6.07) is 0. The molecule has 3 aliphatic rings. The van der Waals surface area contributed by atoms with E-state index in [0.717, 1.165) is 25.7 Å². The van der Waals surface area contributed by atoms with Crippen molar-refractivity contribution in [2.75, 3.05) is 7.11 Å². The lowest BCUT2D eigenvalue weighted by atomic mass is 9.85. The summed E-state index contributed by atoms with van der Waals surface area (Å²) >= 11 is 0. The molecule has 1 aliphatic carbocycles. The molecule has 0 aromatic carbocycles. The second kappa shape index (κ2) is 3.83. The maximum absolute atomic E-state index is 11.2. The van der Waals surface area contributed by atoms with Gasteiger partial charge in [0.1, 0.15) is 11.7 Å². The van der Waals surface area contributed by atoms with Crippen molar-refractivity contribution in [2.24, 2.45) is 0 Å². The molecule has 1 N–H and O–H groups in total. The number of rotatable bonds is 1. The summed E-state index contributed by atoms with van der Waals surface area (Å²) < 4.78 is 21.1. The van der Waals surface area contributed by atoms with E-state index >= 15 is 0 Å². The number of ether oxygens (including phenoxy) is 4. The van der Waals surface area contributed by atoms with Crippen LogP contribution in [0.5, 0.6) is 0 Å². The predicted molar refractivity (Wildman–Crippen MR) is 54.2 cm³/mol. The average Bonchev–Trinajstić information content (AvgIpc) is 2.87. The predicted octanol–water partition coefficient (Wildman–Crippen LogP) is 0.567. The molecule has 0 bridgehead atoms. The van der Waals surface area contributed by atoms with Crippen molar-refractivity contribution in [3.63, 3.8) is 0 Å². The van der Waals surface area contributed by atoms with Gasteiger partial charge in [0, 0.05) is 7.11 Å². The smallest absolute Gasteiger partial charge is 0.424 e. The van der Waals surface area contributed by atoms with Crippen LogP contribution in [0, 0.1) is 0 Å². The third-order valence-corrected chi connectivity index (χ3v) is 3.95. The molecular weight excluding hydrogens is 228 g/mol. The van der Waals surface area contributed by atoms with E-state index in [-0.39, 0.29) is 6.10 Å². The molecule has 2 saturated heterocycles. The van der Waals surface area contributed by atoms with E-state index in [9.17, 15) is 9.90 Å². The summed E-state index contributed by atoms with van der Waals surface area (Å²) in [5.74, 6) is 0. The van der Waals surface area contributed by atoms with Crippen LogP contribution in [0.2, 0.25) is 0 Å². The van der Waals surface area contributed by atoms with E-state index < -0.39 is 30.3 Å². The minimum absolute atomic E-state index is 0.371. The maximum Gasteiger partial charge on any atom is 0.509 e. The van der Waals surface area contributed by atoms with Gasteiger partial charge in [0.15, 0.2) is 18.5 Å². The van der Waals surface area contributed by atoms with Gasteiger partial charge in [0.2, 0.25) is 0 Å². The molecular formula is C11H16O6. The zero-order chi connectivity index (χ0) is 12.0. The second-order valence-corrected chi connectivity index (χ2v) is 4.85. The van der Waals surface area contributed by atoms with Crippen molar-refractivity contribution in [1.82, 2.24) is 0 Å². The van der Waals surface area contributed by atoms with Crippen molar-refractivity contribution in [2.45, 2.75) is 55.9 Å². The van der Waals surface area contributed by atoms with Gasteiger partial charge in [0.25, 0.3) is 0 Å². The molecule has 0 radical (unpaired) electrons. The fourth-order valence-electron chi connectivity index (χ4n) is 3.24. The molecule has 0 aromatic rings. The monoisotopic (exact) mass is 244 g/mol. The van der Waals surface area contributed by atoms with Crippen LogP contribution in [0.3, 0.4) is 0 Å². The molecule has 96 valence electrons. The highest BCUT2D eigenvalue weighted by atomic mass is 16.8. The Bertz CT molecular complexity index is 324. The normalized spacial score (nSPS) is 43.3. The number of methoxy groups -OCH3 is 1. The van der Waals surface area contributed by atoms with Crippen LogP contribution in [0.4, 0.5) is 4.79 Å². The van der Waals surface area contributed by atoms with Crippen molar-refractivity contribution in [1.29, 1.82) is 0 Å². The van der Waals surface area contributed by atoms with Gasteiger partial charge in [-0.3, -0.25) is 0 Å². The Hall–Kier alpha value is -0.850. The lowest BCUT2D eigenvalue weighted by molar-refractivity contribution is -0.300. The van der Waals surface area contributed by atoms with E-state index in [2.05, 4.69) is 0 Å². The molecule has 6 heteroatoms. The molecule has 1 saturated carbocycles. The Morgan fingerprint density at radius 3 is 2.59 bits per heavy atom. The van der Waals surface area contributed by atoms with Crippen LogP contribution in [-0.4, -0.2) is 48.6 Å². The number of carbonyl (C=O) groups excluding carboxylic acids is 1. The Morgan fingerprint density at radius 2 is 1.94 bits per heavy atom. The lowest BCUT2D eigenvalue weighted by Crippen LogP contribution is -2.62. The Balaban J connectivity index is 1.91. The summed E-state index contributed by atoms with van der Waals surface area (Å²) in [5.41, 5.74) is -0.538. The highest BCUT2D eigenvalue weighted by Gasteiger charge is 2.61. The number of fused-ring (bicyclic) bond motifs is 1. The summed E-state index contributed by atoms with van der Waals surface area (Å²) in [7, 11) is 1.56. The SMILES string of the molecule is CO[C@@H]1[C@H]2OC(=O)O[C@H]2C(O)OC12CCCC2.